The second kappa shape index (κ2) is 9.89. The molecule has 1 aliphatic rings. The van der Waals surface area contributed by atoms with Gasteiger partial charge in [0, 0.05) is 31.3 Å². The molecule has 1 fully saturated rings. The maximum Gasteiger partial charge on any atom is 0.251 e. The molecule has 4 rings (SSSR count). The average molecular weight is 415 g/mol. The van der Waals surface area contributed by atoms with E-state index >= 15 is 0 Å². The number of likely N-dealkylation sites (tertiary alicyclic amines) is 1. The van der Waals surface area contributed by atoms with E-state index in [-0.39, 0.29) is 11.8 Å². The second-order valence-corrected chi connectivity index (χ2v) is 7.56. The van der Waals surface area contributed by atoms with Crippen LogP contribution in [0.3, 0.4) is 0 Å². The summed E-state index contributed by atoms with van der Waals surface area (Å²) in [6.45, 7) is 1.50. The molecule has 1 N–H and O–H groups in total. The Morgan fingerprint density at radius 2 is 1.68 bits per heavy atom. The fourth-order valence-electron chi connectivity index (χ4n) is 3.67. The van der Waals surface area contributed by atoms with Crippen LogP contribution in [-0.4, -0.2) is 40.8 Å². The van der Waals surface area contributed by atoms with Crippen molar-refractivity contribution in [2.45, 2.75) is 25.3 Å². The van der Waals surface area contributed by atoms with Crippen molar-refractivity contribution in [3.05, 3.63) is 90.3 Å². The maximum absolute atomic E-state index is 13.1. The van der Waals surface area contributed by atoms with Crippen molar-refractivity contribution < 1.29 is 14.3 Å². The maximum atomic E-state index is 13.1. The summed E-state index contributed by atoms with van der Waals surface area (Å²) < 4.78 is 5.72. The first-order chi connectivity index (χ1) is 15.2. The molecule has 2 amide bonds. The topological polar surface area (TPSA) is 71.5 Å². The molecule has 0 aliphatic carbocycles. The minimum absolute atomic E-state index is 0.0220. The van der Waals surface area contributed by atoms with E-state index in [0.29, 0.717) is 23.5 Å². The van der Waals surface area contributed by atoms with Gasteiger partial charge in [-0.05, 0) is 54.8 Å². The Bertz CT molecular complexity index is 1000. The SMILES string of the molecule is O=C(NC(Cc1ccccc1)C(=O)N1CCCC1)c1ccc(Oc2cccnc2)cc1. The van der Waals surface area contributed by atoms with E-state index in [9.17, 15) is 9.59 Å². The number of ether oxygens (including phenoxy) is 1. The highest BCUT2D eigenvalue weighted by atomic mass is 16.5. The molecule has 3 aromatic rings. The van der Waals surface area contributed by atoms with Crippen LogP contribution in [0.1, 0.15) is 28.8 Å². The van der Waals surface area contributed by atoms with Crippen molar-refractivity contribution >= 4 is 11.8 Å². The summed E-state index contributed by atoms with van der Waals surface area (Å²) in [5.74, 6) is 0.935. The summed E-state index contributed by atoms with van der Waals surface area (Å²) in [6, 6.07) is 19.6. The van der Waals surface area contributed by atoms with E-state index < -0.39 is 6.04 Å². The van der Waals surface area contributed by atoms with Crippen LogP contribution in [0, 0.1) is 0 Å². The van der Waals surface area contributed by atoms with Gasteiger partial charge in [0.1, 0.15) is 17.5 Å². The van der Waals surface area contributed by atoms with E-state index in [4.69, 9.17) is 4.74 Å². The van der Waals surface area contributed by atoms with Gasteiger partial charge in [-0.15, -0.1) is 0 Å². The molecule has 2 aromatic carbocycles. The molecular weight excluding hydrogens is 390 g/mol. The van der Waals surface area contributed by atoms with Crippen molar-refractivity contribution in [3.63, 3.8) is 0 Å². The van der Waals surface area contributed by atoms with Gasteiger partial charge in [0.2, 0.25) is 5.91 Å². The highest BCUT2D eigenvalue weighted by molar-refractivity contribution is 5.97. The molecule has 6 heteroatoms. The first-order valence-electron chi connectivity index (χ1n) is 10.5. The van der Waals surface area contributed by atoms with Gasteiger partial charge in [-0.1, -0.05) is 30.3 Å². The molecule has 0 saturated carbocycles. The molecular formula is C25H25N3O3. The largest absolute Gasteiger partial charge is 0.456 e. The van der Waals surface area contributed by atoms with Crippen LogP contribution in [0.15, 0.2) is 79.1 Å². The third-order valence-electron chi connectivity index (χ3n) is 5.29. The van der Waals surface area contributed by atoms with Gasteiger partial charge < -0.3 is 15.0 Å². The minimum Gasteiger partial charge on any atom is -0.456 e. The van der Waals surface area contributed by atoms with Crippen molar-refractivity contribution in [2.75, 3.05) is 13.1 Å². The van der Waals surface area contributed by atoms with Crippen LogP contribution in [0.2, 0.25) is 0 Å². The third-order valence-corrected chi connectivity index (χ3v) is 5.29. The number of nitrogens with one attached hydrogen (secondary N) is 1. The lowest BCUT2D eigenvalue weighted by molar-refractivity contribution is -0.132. The Balaban J connectivity index is 1.45. The van der Waals surface area contributed by atoms with Crippen molar-refractivity contribution in [2.24, 2.45) is 0 Å². The van der Waals surface area contributed by atoms with E-state index in [1.54, 1.807) is 42.7 Å². The zero-order valence-electron chi connectivity index (χ0n) is 17.2. The van der Waals surface area contributed by atoms with Gasteiger partial charge in [-0.2, -0.15) is 0 Å². The quantitative estimate of drug-likeness (QED) is 0.637. The monoisotopic (exact) mass is 415 g/mol. The normalized spacial score (nSPS) is 14.1. The molecule has 158 valence electrons. The summed E-state index contributed by atoms with van der Waals surface area (Å²) in [5.41, 5.74) is 1.49. The molecule has 6 nitrogen and oxygen atoms in total. The van der Waals surface area contributed by atoms with Crippen molar-refractivity contribution in [1.82, 2.24) is 15.2 Å². The zero-order valence-corrected chi connectivity index (χ0v) is 17.2. The lowest BCUT2D eigenvalue weighted by Crippen LogP contribution is -2.49. The summed E-state index contributed by atoms with van der Waals surface area (Å²) in [7, 11) is 0. The minimum atomic E-state index is -0.598. The highest BCUT2D eigenvalue weighted by Gasteiger charge is 2.28. The predicted octanol–water partition coefficient (Wildman–Crippen LogP) is 3.84. The number of aromatic nitrogens is 1. The highest BCUT2D eigenvalue weighted by Crippen LogP contribution is 2.20. The first-order valence-corrected chi connectivity index (χ1v) is 10.5. The molecule has 31 heavy (non-hydrogen) atoms. The molecule has 0 spiro atoms. The Morgan fingerprint density at radius 1 is 0.935 bits per heavy atom. The fourth-order valence-corrected chi connectivity index (χ4v) is 3.67. The Morgan fingerprint density at radius 3 is 2.35 bits per heavy atom. The number of hydrogen-bond acceptors (Lipinski definition) is 4. The lowest BCUT2D eigenvalue weighted by Gasteiger charge is -2.24. The van der Waals surface area contributed by atoms with E-state index in [0.717, 1.165) is 31.5 Å². The number of carbonyl (C=O) groups is 2. The molecule has 1 saturated heterocycles. The number of amides is 2. The summed E-state index contributed by atoms with van der Waals surface area (Å²) >= 11 is 0. The van der Waals surface area contributed by atoms with Gasteiger partial charge in [-0.3, -0.25) is 14.6 Å². The molecule has 0 radical (unpaired) electrons. The predicted molar refractivity (Wildman–Crippen MR) is 118 cm³/mol. The van der Waals surface area contributed by atoms with Gasteiger partial charge in [0.25, 0.3) is 5.91 Å². The van der Waals surface area contributed by atoms with Crippen molar-refractivity contribution in [1.29, 1.82) is 0 Å². The first kappa shape index (κ1) is 20.6. The van der Waals surface area contributed by atoms with Crippen LogP contribution in [0.25, 0.3) is 0 Å². The second-order valence-electron chi connectivity index (χ2n) is 7.56. The van der Waals surface area contributed by atoms with Crippen LogP contribution in [0.4, 0.5) is 0 Å². The van der Waals surface area contributed by atoms with Crippen molar-refractivity contribution in [3.8, 4) is 11.5 Å². The average Bonchev–Trinajstić information content (AvgIpc) is 3.35. The molecule has 1 aromatic heterocycles. The Kier molecular flexibility index (Phi) is 6.57. The van der Waals surface area contributed by atoms with E-state index in [1.807, 2.05) is 41.3 Å². The summed E-state index contributed by atoms with van der Waals surface area (Å²) in [5, 5.41) is 2.95. The van der Waals surface area contributed by atoms with E-state index in [1.165, 1.54) is 0 Å². The number of rotatable bonds is 7. The van der Waals surface area contributed by atoms with Crippen LogP contribution < -0.4 is 10.1 Å². The Hall–Kier alpha value is -3.67. The smallest absolute Gasteiger partial charge is 0.251 e. The third kappa shape index (κ3) is 5.48. The number of carbonyl (C=O) groups excluding carboxylic acids is 2. The summed E-state index contributed by atoms with van der Waals surface area (Å²) in [4.78, 5) is 31.8. The van der Waals surface area contributed by atoms with Gasteiger partial charge >= 0.3 is 0 Å². The van der Waals surface area contributed by atoms with E-state index in [2.05, 4.69) is 10.3 Å². The number of nitrogens with zero attached hydrogens (tertiary/aromatic N) is 2. The van der Waals surface area contributed by atoms with Crippen LogP contribution in [0.5, 0.6) is 11.5 Å². The molecule has 1 aliphatic heterocycles. The molecule has 1 atom stereocenters. The van der Waals surface area contributed by atoms with Gasteiger partial charge in [0.15, 0.2) is 0 Å². The Labute approximate surface area is 181 Å². The molecule has 2 heterocycles. The van der Waals surface area contributed by atoms with Crippen LogP contribution in [-0.2, 0) is 11.2 Å². The number of benzene rings is 2. The van der Waals surface area contributed by atoms with Gasteiger partial charge in [-0.25, -0.2) is 0 Å². The number of pyridine rings is 1. The zero-order chi connectivity index (χ0) is 21.5. The fraction of sp³-hybridized carbons (Fsp3) is 0.240. The lowest BCUT2D eigenvalue weighted by atomic mass is 10.0. The standard InChI is InChI=1S/C25H25N3O3/c29-24(20-10-12-21(13-11-20)31-22-9-6-14-26-18-22)27-23(17-19-7-2-1-3-8-19)25(30)28-15-4-5-16-28/h1-3,6-14,18,23H,4-5,15-17H2,(H,27,29). The number of hydrogen-bond donors (Lipinski definition) is 1. The molecule has 0 bridgehead atoms. The van der Waals surface area contributed by atoms with Crippen LogP contribution >= 0.6 is 0 Å². The van der Waals surface area contributed by atoms with Gasteiger partial charge in [0.05, 0.1) is 6.20 Å². The molecule has 1 unspecified atom stereocenters. The summed E-state index contributed by atoms with van der Waals surface area (Å²) in [6.07, 6.45) is 5.78.